The fraction of sp³-hybridized carbons (Fsp3) is 0.0909. The lowest BCUT2D eigenvalue weighted by atomic mass is 10.0. The van der Waals surface area contributed by atoms with Crippen molar-refractivity contribution in [2.75, 3.05) is 5.73 Å². The third kappa shape index (κ3) is 1.52. The number of rotatable bonds is 2. The number of aryl methyl sites for hydroxylation is 1. The second-order valence-electron chi connectivity index (χ2n) is 3.36. The van der Waals surface area contributed by atoms with Crippen LogP contribution in [0.2, 0.25) is 0 Å². The number of oxazole rings is 1. The molecule has 82 valence electrons. The normalized spacial score (nSPS) is 10.3. The van der Waals surface area contributed by atoms with E-state index in [1.807, 2.05) is 0 Å². The Hall–Kier alpha value is -2.30. The van der Waals surface area contributed by atoms with Crippen molar-refractivity contribution in [3.8, 4) is 11.5 Å². The molecule has 0 bridgehead atoms. The molecular weight excluding hydrogens is 208 g/mol. The second kappa shape index (κ2) is 3.69. The summed E-state index contributed by atoms with van der Waals surface area (Å²) in [7, 11) is 0. The maximum atomic E-state index is 11.1. The molecule has 0 aliphatic heterocycles. The van der Waals surface area contributed by atoms with Crippen LogP contribution < -0.4 is 5.73 Å². The van der Waals surface area contributed by atoms with Gasteiger partial charge in [-0.05, 0) is 18.6 Å². The van der Waals surface area contributed by atoms with Gasteiger partial charge in [0.05, 0.1) is 17.3 Å². The summed E-state index contributed by atoms with van der Waals surface area (Å²) in [5.74, 6) is -0.835. The lowest BCUT2D eigenvalue weighted by molar-refractivity contribution is 0.0698. The number of carboxylic acids is 1. The van der Waals surface area contributed by atoms with Gasteiger partial charge in [-0.3, -0.25) is 0 Å². The fourth-order valence-electron chi connectivity index (χ4n) is 1.49. The molecule has 0 saturated heterocycles. The highest BCUT2D eigenvalue weighted by Gasteiger charge is 2.19. The molecule has 1 heterocycles. The van der Waals surface area contributed by atoms with Crippen molar-refractivity contribution in [2.24, 2.45) is 0 Å². The van der Waals surface area contributed by atoms with Gasteiger partial charge < -0.3 is 15.3 Å². The van der Waals surface area contributed by atoms with Gasteiger partial charge in [-0.2, -0.15) is 0 Å². The summed E-state index contributed by atoms with van der Waals surface area (Å²) in [6, 6.07) is 3.38. The molecule has 5 heteroatoms. The number of carboxylic acid groups (broad SMARTS) is 1. The van der Waals surface area contributed by atoms with E-state index in [1.165, 1.54) is 12.5 Å². The Bertz CT molecular complexity index is 532. The SMILES string of the molecule is Cc1ccc(-c2ncco2)c(C(=O)O)c1N. The number of hydrogen-bond donors (Lipinski definition) is 2. The van der Waals surface area contributed by atoms with E-state index in [2.05, 4.69) is 4.98 Å². The third-order valence-corrected chi connectivity index (χ3v) is 2.34. The summed E-state index contributed by atoms with van der Waals surface area (Å²) in [6.45, 7) is 1.75. The van der Waals surface area contributed by atoms with Crippen molar-refractivity contribution in [2.45, 2.75) is 6.92 Å². The second-order valence-corrected chi connectivity index (χ2v) is 3.36. The highest BCUT2D eigenvalue weighted by Crippen LogP contribution is 2.28. The number of aromatic carboxylic acids is 1. The fourth-order valence-corrected chi connectivity index (χ4v) is 1.49. The number of aromatic nitrogens is 1. The zero-order valence-electron chi connectivity index (χ0n) is 8.60. The maximum Gasteiger partial charge on any atom is 0.338 e. The monoisotopic (exact) mass is 218 g/mol. The van der Waals surface area contributed by atoms with E-state index < -0.39 is 5.97 Å². The molecule has 1 aromatic carbocycles. The minimum atomic E-state index is -1.09. The number of nitrogens with two attached hydrogens (primary N) is 1. The molecule has 0 unspecified atom stereocenters. The van der Waals surface area contributed by atoms with Crippen LogP contribution in [0.3, 0.4) is 0 Å². The molecular formula is C11H10N2O3. The van der Waals surface area contributed by atoms with Crippen LogP contribution in [-0.4, -0.2) is 16.1 Å². The zero-order valence-corrected chi connectivity index (χ0v) is 8.60. The van der Waals surface area contributed by atoms with E-state index in [9.17, 15) is 4.79 Å². The largest absolute Gasteiger partial charge is 0.478 e. The van der Waals surface area contributed by atoms with E-state index in [0.29, 0.717) is 11.1 Å². The van der Waals surface area contributed by atoms with Crippen molar-refractivity contribution in [3.05, 3.63) is 35.7 Å². The van der Waals surface area contributed by atoms with Crippen LogP contribution in [0.15, 0.2) is 29.0 Å². The Morgan fingerprint density at radius 3 is 2.81 bits per heavy atom. The summed E-state index contributed by atoms with van der Waals surface area (Å²) in [5, 5.41) is 9.12. The average molecular weight is 218 g/mol. The summed E-state index contributed by atoms with van der Waals surface area (Å²) < 4.78 is 5.08. The quantitative estimate of drug-likeness (QED) is 0.751. The molecule has 0 amide bonds. The van der Waals surface area contributed by atoms with Gasteiger partial charge in [-0.15, -0.1) is 0 Å². The Kier molecular flexibility index (Phi) is 2.36. The van der Waals surface area contributed by atoms with Gasteiger partial charge in [0.15, 0.2) is 0 Å². The van der Waals surface area contributed by atoms with E-state index in [-0.39, 0.29) is 17.1 Å². The molecule has 0 radical (unpaired) electrons. The predicted molar refractivity (Wildman–Crippen MR) is 58.0 cm³/mol. The predicted octanol–water partition coefficient (Wildman–Crippen LogP) is 1.93. The number of benzene rings is 1. The molecule has 5 nitrogen and oxygen atoms in total. The van der Waals surface area contributed by atoms with Gasteiger partial charge >= 0.3 is 5.97 Å². The van der Waals surface area contributed by atoms with E-state index in [0.717, 1.165) is 0 Å². The number of nitrogens with zero attached hydrogens (tertiary/aromatic N) is 1. The molecule has 0 spiro atoms. The van der Waals surface area contributed by atoms with E-state index >= 15 is 0 Å². The minimum Gasteiger partial charge on any atom is -0.478 e. The van der Waals surface area contributed by atoms with Crippen molar-refractivity contribution >= 4 is 11.7 Å². The standard InChI is InChI=1S/C11H10N2O3/c1-6-2-3-7(10-13-4-5-16-10)8(9(6)12)11(14)15/h2-5H,12H2,1H3,(H,14,15). The molecule has 0 atom stereocenters. The Balaban J connectivity index is 2.71. The first-order chi connectivity index (χ1) is 7.61. The summed E-state index contributed by atoms with van der Waals surface area (Å²) >= 11 is 0. The van der Waals surface area contributed by atoms with Crippen LogP contribution in [0, 0.1) is 6.92 Å². The van der Waals surface area contributed by atoms with Gasteiger partial charge in [0.1, 0.15) is 6.26 Å². The summed E-state index contributed by atoms with van der Waals surface area (Å²) in [6.07, 6.45) is 2.84. The van der Waals surface area contributed by atoms with Crippen LogP contribution in [0.4, 0.5) is 5.69 Å². The van der Waals surface area contributed by atoms with Gasteiger partial charge in [-0.1, -0.05) is 6.07 Å². The number of anilines is 1. The lowest BCUT2D eigenvalue weighted by Crippen LogP contribution is -2.06. The van der Waals surface area contributed by atoms with E-state index in [1.54, 1.807) is 19.1 Å². The average Bonchev–Trinajstić information content (AvgIpc) is 2.74. The van der Waals surface area contributed by atoms with Crippen molar-refractivity contribution in [3.63, 3.8) is 0 Å². The van der Waals surface area contributed by atoms with Gasteiger partial charge in [0.25, 0.3) is 0 Å². The van der Waals surface area contributed by atoms with Crippen molar-refractivity contribution in [1.82, 2.24) is 4.98 Å². The minimum absolute atomic E-state index is 0.0300. The van der Waals surface area contributed by atoms with Gasteiger partial charge in [0, 0.05) is 5.69 Å². The Labute approximate surface area is 91.5 Å². The van der Waals surface area contributed by atoms with E-state index in [4.69, 9.17) is 15.3 Å². The first-order valence-corrected chi connectivity index (χ1v) is 4.63. The summed E-state index contributed by atoms with van der Waals surface area (Å²) in [4.78, 5) is 15.1. The van der Waals surface area contributed by atoms with Crippen LogP contribution in [-0.2, 0) is 0 Å². The molecule has 2 rings (SSSR count). The first-order valence-electron chi connectivity index (χ1n) is 4.63. The molecule has 16 heavy (non-hydrogen) atoms. The van der Waals surface area contributed by atoms with Crippen LogP contribution in [0.1, 0.15) is 15.9 Å². The molecule has 0 aliphatic carbocycles. The third-order valence-electron chi connectivity index (χ3n) is 2.34. The van der Waals surface area contributed by atoms with Crippen molar-refractivity contribution < 1.29 is 14.3 Å². The Morgan fingerprint density at radius 2 is 2.25 bits per heavy atom. The molecule has 2 aromatic rings. The van der Waals surface area contributed by atoms with Crippen LogP contribution in [0.5, 0.6) is 0 Å². The topological polar surface area (TPSA) is 89.3 Å². The van der Waals surface area contributed by atoms with Crippen molar-refractivity contribution in [1.29, 1.82) is 0 Å². The lowest BCUT2D eigenvalue weighted by Gasteiger charge is -2.08. The van der Waals surface area contributed by atoms with Gasteiger partial charge in [-0.25, -0.2) is 9.78 Å². The molecule has 0 aliphatic rings. The first kappa shape index (κ1) is 10.2. The number of nitrogen functional groups attached to an aromatic ring is 1. The molecule has 0 fully saturated rings. The summed E-state index contributed by atoms with van der Waals surface area (Å²) in [5.41, 5.74) is 7.11. The molecule has 0 saturated carbocycles. The smallest absolute Gasteiger partial charge is 0.338 e. The highest BCUT2D eigenvalue weighted by molar-refractivity contribution is 6.01. The zero-order chi connectivity index (χ0) is 11.7. The molecule has 1 aromatic heterocycles. The number of hydrogen-bond acceptors (Lipinski definition) is 4. The number of carbonyl (C=O) groups is 1. The molecule has 3 N–H and O–H groups in total. The van der Waals surface area contributed by atoms with Crippen LogP contribution in [0.25, 0.3) is 11.5 Å². The highest BCUT2D eigenvalue weighted by atomic mass is 16.4. The maximum absolute atomic E-state index is 11.1. The Morgan fingerprint density at radius 1 is 1.50 bits per heavy atom. The van der Waals surface area contributed by atoms with Crippen LogP contribution >= 0.6 is 0 Å². The van der Waals surface area contributed by atoms with Gasteiger partial charge in [0.2, 0.25) is 5.89 Å².